The molecule has 1 aromatic heterocycles. The number of benzene rings is 2. The third-order valence-corrected chi connectivity index (χ3v) is 7.90. The topological polar surface area (TPSA) is 142 Å². The molecule has 2 aliphatic rings. The monoisotopic (exact) mass is 558 g/mol. The summed E-state index contributed by atoms with van der Waals surface area (Å²) in [4.78, 5) is 50.6. The zero-order chi connectivity index (χ0) is 28.9. The van der Waals surface area contributed by atoms with Gasteiger partial charge in [0.05, 0.1) is 6.54 Å². The van der Waals surface area contributed by atoms with Gasteiger partial charge in [0.2, 0.25) is 5.91 Å². The molecule has 0 aliphatic carbocycles. The van der Waals surface area contributed by atoms with E-state index in [-0.39, 0.29) is 31.3 Å². The van der Waals surface area contributed by atoms with Crippen molar-refractivity contribution in [1.82, 2.24) is 19.8 Å². The molecule has 1 saturated heterocycles. The van der Waals surface area contributed by atoms with Gasteiger partial charge in [-0.05, 0) is 42.7 Å². The van der Waals surface area contributed by atoms with Crippen molar-refractivity contribution in [1.29, 1.82) is 0 Å². The van der Waals surface area contributed by atoms with Crippen LogP contribution in [0.1, 0.15) is 52.9 Å². The lowest BCUT2D eigenvalue weighted by Crippen LogP contribution is -2.47. The van der Waals surface area contributed by atoms with Gasteiger partial charge in [-0.25, -0.2) is 9.97 Å². The number of nitrogens with zero attached hydrogens (tertiary/aromatic N) is 5. The highest BCUT2D eigenvalue weighted by Gasteiger charge is 2.37. The third kappa shape index (κ3) is 6.30. The van der Waals surface area contributed by atoms with Gasteiger partial charge in [-0.3, -0.25) is 19.3 Å². The molecule has 2 aliphatic heterocycles. The van der Waals surface area contributed by atoms with Crippen LogP contribution in [-0.2, 0) is 22.7 Å². The van der Waals surface area contributed by atoms with Gasteiger partial charge in [0, 0.05) is 56.0 Å². The van der Waals surface area contributed by atoms with Crippen LogP contribution in [0.5, 0.6) is 5.75 Å². The maximum Gasteiger partial charge on any atom is 0.303 e. The molecule has 41 heavy (non-hydrogen) atoms. The molecule has 0 radical (unpaired) electrons. The van der Waals surface area contributed by atoms with Crippen molar-refractivity contribution in [2.45, 2.75) is 45.0 Å². The molecule has 3 N–H and O–H groups in total. The predicted octanol–water partition coefficient (Wildman–Crippen LogP) is 2.61. The highest BCUT2D eigenvalue weighted by atomic mass is 16.5. The molecule has 3 heterocycles. The molecular weight excluding hydrogens is 524 g/mol. The zero-order valence-corrected chi connectivity index (χ0v) is 23.0. The number of primary amides is 1. The van der Waals surface area contributed by atoms with Gasteiger partial charge in [-0.1, -0.05) is 30.3 Å². The fourth-order valence-electron chi connectivity index (χ4n) is 5.50. The molecule has 2 amide bonds. The summed E-state index contributed by atoms with van der Waals surface area (Å²) < 4.78 is 6.13. The van der Waals surface area contributed by atoms with Crippen molar-refractivity contribution >= 4 is 23.6 Å². The van der Waals surface area contributed by atoms with E-state index in [1.54, 1.807) is 30.7 Å². The fourth-order valence-corrected chi connectivity index (χ4v) is 5.50. The predicted molar refractivity (Wildman–Crippen MR) is 151 cm³/mol. The Bertz CT molecular complexity index is 1390. The van der Waals surface area contributed by atoms with Gasteiger partial charge >= 0.3 is 5.97 Å². The summed E-state index contributed by atoms with van der Waals surface area (Å²) in [7, 11) is 0. The Morgan fingerprint density at radius 2 is 1.83 bits per heavy atom. The molecule has 0 bridgehead atoms. The van der Waals surface area contributed by atoms with E-state index in [1.807, 2.05) is 6.07 Å². The fraction of sp³-hybridized carbons (Fsp3) is 0.367. The maximum absolute atomic E-state index is 13.0. The van der Waals surface area contributed by atoms with Crippen molar-refractivity contribution < 1.29 is 24.2 Å². The molecule has 0 spiro atoms. The first-order chi connectivity index (χ1) is 19.8. The first-order valence-electron chi connectivity index (χ1n) is 13.7. The van der Waals surface area contributed by atoms with Crippen molar-refractivity contribution in [3.05, 3.63) is 83.3 Å². The Morgan fingerprint density at radius 1 is 1.07 bits per heavy atom. The number of carbonyl (C=O) groups excluding carboxylic acids is 2. The lowest BCUT2D eigenvalue weighted by molar-refractivity contribution is -0.137. The molecule has 1 fully saturated rings. The molecule has 5 rings (SSSR count). The minimum atomic E-state index is -1.05. The summed E-state index contributed by atoms with van der Waals surface area (Å²) in [5.74, 6) is -0.610. The van der Waals surface area contributed by atoms with Gasteiger partial charge in [-0.15, -0.1) is 0 Å². The van der Waals surface area contributed by atoms with Gasteiger partial charge in [-0.2, -0.15) is 0 Å². The SMILES string of the molecule is C[C@H](c1ccc(COc2cccc3c2CN(C(CCC(=O)O)C(N)=O)C3=O)cc1)N1CCN(c2ccncn2)CC1. The van der Waals surface area contributed by atoms with E-state index in [4.69, 9.17) is 15.6 Å². The summed E-state index contributed by atoms with van der Waals surface area (Å²) in [5.41, 5.74) is 8.84. The van der Waals surface area contributed by atoms with Gasteiger partial charge < -0.3 is 25.4 Å². The van der Waals surface area contributed by atoms with E-state index in [2.05, 4.69) is 51.0 Å². The number of hydrogen-bond donors (Lipinski definition) is 2. The van der Waals surface area contributed by atoms with Crippen LogP contribution in [0.3, 0.4) is 0 Å². The van der Waals surface area contributed by atoms with Crippen molar-refractivity contribution in [3.63, 3.8) is 0 Å². The van der Waals surface area contributed by atoms with Gasteiger partial charge in [0.1, 0.15) is 30.5 Å². The van der Waals surface area contributed by atoms with Gasteiger partial charge in [0.15, 0.2) is 0 Å². The number of carboxylic acid groups (broad SMARTS) is 1. The third-order valence-electron chi connectivity index (χ3n) is 7.90. The number of ether oxygens (including phenoxy) is 1. The highest BCUT2D eigenvalue weighted by Crippen LogP contribution is 2.33. The molecule has 2 aromatic carbocycles. The summed E-state index contributed by atoms with van der Waals surface area (Å²) in [6.45, 7) is 6.38. The van der Waals surface area contributed by atoms with Crippen molar-refractivity contribution in [2.24, 2.45) is 5.73 Å². The molecule has 11 heteroatoms. The zero-order valence-electron chi connectivity index (χ0n) is 23.0. The van der Waals surface area contributed by atoms with Crippen molar-refractivity contribution in [2.75, 3.05) is 31.1 Å². The molecule has 214 valence electrons. The molecule has 2 atom stereocenters. The Labute approximate surface area is 238 Å². The Kier molecular flexibility index (Phi) is 8.44. The number of fused-ring (bicyclic) bond motifs is 1. The number of aromatic nitrogens is 2. The number of piperazine rings is 1. The van der Waals surface area contributed by atoms with Crippen LogP contribution in [0, 0.1) is 0 Å². The first kappa shape index (κ1) is 28.0. The van der Waals surface area contributed by atoms with E-state index >= 15 is 0 Å². The summed E-state index contributed by atoms with van der Waals surface area (Å²) >= 11 is 0. The van der Waals surface area contributed by atoms with E-state index < -0.39 is 17.9 Å². The first-order valence-corrected chi connectivity index (χ1v) is 13.7. The summed E-state index contributed by atoms with van der Waals surface area (Å²) in [6.07, 6.45) is 3.06. The lowest BCUT2D eigenvalue weighted by Gasteiger charge is -2.38. The Hall–Kier alpha value is -4.51. The summed E-state index contributed by atoms with van der Waals surface area (Å²) in [6, 6.07) is 14.8. The smallest absolute Gasteiger partial charge is 0.303 e. The number of nitrogens with two attached hydrogens (primary N) is 1. The Balaban J connectivity index is 1.18. The maximum atomic E-state index is 13.0. The minimum Gasteiger partial charge on any atom is -0.489 e. The van der Waals surface area contributed by atoms with Crippen LogP contribution in [0.4, 0.5) is 5.82 Å². The number of amides is 2. The number of anilines is 1. The largest absolute Gasteiger partial charge is 0.489 e. The number of carbonyl (C=O) groups is 3. The molecule has 3 aromatic rings. The lowest BCUT2D eigenvalue weighted by atomic mass is 10.0. The Morgan fingerprint density at radius 3 is 2.49 bits per heavy atom. The average molecular weight is 559 g/mol. The molecule has 0 saturated carbocycles. The van der Waals surface area contributed by atoms with E-state index in [1.165, 1.54) is 10.5 Å². The molecule has 11 nitrogen and oxygen atoms in total. The van der Waals surface area contributed by atoms with Crippen LogP contribution in [0.15, 0.2) is 61.1 Å². The normalized spacial score (nSPS) is 16.8. The highest BCUT2D eigenvalue weighted by molar-refractivity contribution is 6.01. The van der Waals surface area contributed by atoms with Crippen LogP contribution >= 0.6 is 0 Å². The van der Waals surface area contributed by atoms with Crippen LogP contribution in [0.25, 0.3) is 0 Å². The number of carboxylic acids is 1. The average Bonchev–Trinajstić information content (AvgIpc) is 3.32. The summed E-state index contributed by atoms with van der Waals surface area (Å²) in [5, 5.41) is 9.03. The van der Waals surface area contributed by atoms with E-state index in [0.29, 0.717) is 23.5 Å². The second-order valence-corrected chi connectivity index (χ2v) is 10.4. The van der Waals surface area contributed by atoms with E-state index in [9.17, 15) is 14.4 Å². The van der Waals surface area contributed by atoms with E-state index in [0.717, 1.165) is 37.6 Å². The second-order valence-electron chi connectivity index (χ2n) is 10.4. The molecular formula is C30H34N6O5. The van der Waals surface area contributed by atoms with Gasteiger partial charge in [0.25, 0.3) is 5.91 Å². The standard InChI is InChI=1S/C30H34N6O5/c1-20(34-13-15-35(16-14-34)27-11-12-32-19-33-27)22-7-5-21(6-8-22)18-41-26-4-2-3-23-24(26)17-36(30(23)40)25(29(31)39)9-10-28(37)38/h2-8,11-12,19-20,25H,9-10,13-18H2,1H3,(H2,31,39)(H,37,38)/t20-,25?/m1/s1. The second kappa shape index (κ2) is 12.3. The van der Waals surface area contributed by atoms with Crippen LogP contribution in [0.2, 0.25) is 0 Å². The van der Waals surface area contributed by atoms with Crippen LogP contribution in [-0.4, -0.2) is 74.9 Å². The number of aliphatic carboxylic acids is 1. The number of hydrogen-bond acceptors (Lipinski definition) is 8. The molecule has 1 unspecified atom stereocenters. The minimum absolute atomic E-state index is 0.0387. The number of rotatable bonds is 11. The van der Waals surface area contributed by atoms with Crippen molar-refractivity contribution in [3.8, 4) is 5.75 Å². The quantitative estimate of drug-likeness (QED) is 0.363. The van der Waals surface area contributed by atoms with Crippen LogP contribution < -0.4 is 15.4 Å².